The molecule has 4 aromatic rings. The van der Waals surface area contributed by atoms with Gasteiger partial charge in [-0.3, -0.25) is 14.5 Å². The molecule has 0 unspecified atom stereocenters. The number of pyridine rings is 1. The molecule has 2 aromatic carbocycles. The first kappa shape index (κ1) is 20.2. The van der Waals surface area contributed by atoms with Crippen molar-refractivity contribution in [1.82, 2.24) is 20.1 Å². The molecule has 0 atom stereocenters. The Morgan fingerprint density at radius 3 is 2.61 bits per heavy atom. The molecular weight excluding hydrogens is 392 g/mol. The molecule has 2 N–H and O–H groups in total. The predicted octanol–water partition coefficient (Wildman–Crippen LogP) is 4.22. The zero-order valence-corrected chi connectivity index (χ0v) is 17.2. The highest BCUT2D eigenvalue weighted by molar-refractivity contribution is 5.97. The van der Waals surface area contributed by atoms with E-state index in [0.29, 0.717) is 18.0 Å². The van der Waals surface area contributed by atoms with E-state index in [2.05, 4.69) is 15.4 Å². The summed E-state index contributed by atoms with van der Waals surface area (Å²) in [5.41, 5.74) is 3.87. The Bertz CT molecular complexity index is 1220. The molecule has 7 heteroatoms. The molecule has 31 heavy (non-hydrogen) atoms. The predicted molar refractivity (Wildman–Crippen MR) is 117 cm³/mol. The van der Waals surface area contributed by atoms with E-state index in [1.54, 1.807) is 35.3 Å². The molecule has 0 aliphatic rings. The van der Waals surface area contributed by atoms with Crippen molar-refractivity contribution < 1.29 is 14.6 Å². The number of amides is 1. The summed E-state index contributed by atoms with van der Waals surface area (Å²) < 4.78 is 7.61. The minimum atomic E-state index is -0.380. The van der Waals surface area contributed by atoms with Gasteiger partial charge in [-0.2, -0.15) is 5.10 Å². The van der Waals surface area contributed by atoms with Crippen molar-refractivity contribution >= 4 is 5.91 Å². The molecule has 0 saturated heterocycles. The van der Waals surface area contributed by atoms with E-state index in [-0.39, 0.29) is 17.2 Å². The van der Waals surface area contributed by atoms with Gasteiger partial charge in [0.1, 0.15) is 17.2 Å². The van der Waals surface area contributed by atoms with Gasteiger partial charge in [-0.05, 0) is 36.8 Å². The van der Waals surface area contributed by atoms with Crippen LogP contribution in [0.5, 0.6) is 17.2 Å². The zero-order valence-electron chi connectivity index (χ0n) is 17.2. The Morgan fingerprint density at radius 2 is 1.87 bits per heavy atom. The average Bonchev–Trinajstić information content (AvgIpc) is 3.21. The van der Waals surface area contributed by atoms with Crippen LogP contribution >= 0.6 is 0 Å². The fraction of sp³-hybridized carbons (Fsp3) is 0.125. The first-order valence-corrected chi connectivity index (χ1v) is 9.77. The summed E-state index contributed by atoms with van der Waals surface area (Å²) >= 11 is 0. The molecule has 2 heterocycles. The van der Waals surface area contributed by atoms with Crippen molar-refractivity contribution in [2.75, 3.05) is 0 Å². The number of aromatic nitrogens is 3. The van der Waals surface area contributed by atoms with Gasteiger partial charge in [0.05, 0.1) is 17.5 Å². The second kappa shape index (κ2) is 8.71. The van der Waals surface area contributed by atoms with E-state index in [9.17, 15) is 9.90 Å². The third-order valence-corrected chi connectivity index (χ3v) is 4.75. The van der Waals surface area contributed by atoms with E-state index in [0.717, 1.165) is 22.4 Å². The Morgan fingerprint density at radius 1 is 1.10 bits per heavy atom. The first-order valence-electron chi connectivity index (χ1n) is 9.77. The molecule has 156 valence electrons. The lowest BCUT2D eigenvalue weighted by Gasteiger charge is -2.11. The number of nitrogens with one attached hydrogen (secondary N) is 1. The minimum absolute atomic E-state index is 0.112. The third-order valence-electron chi connectivity index (χ3n) is 4.75. The van der Waals surface area contributed by atoms with Crippen molar-refractivity contribution in [3.8, 4) is 28.5 Å². The van der Waals surface area contributed by atoms with E-state index < -0.39 is 0 Å². The van der Waals surface area contributed by atoms with Gasteiger partial charge in [0, 0.05) is 37.6 Å². The van der Waals surface area contributed by atoms with Gasteiger partial charge in [0.15, 0.2) is 0 Å². The Labute approximate surface area is 180 Å². The maximum atomic E-state index is 12.6. The number of phenolic OH excluding ortho intramolecular Hbond substituents is 1. The van der Waals surface area contributed by atoms with Crippen LogP contribution in [0, 0.1) is 6.92 Å². The largest absolute Gasteiger partial charge is 0.507 e. The van der Waals surface area contributed by atoms with Crippen LogP contribution in [0.15, 0.2) is 73.2 Å². The lowest BCUT2D eigenvalue weighted by Crippen LogP contribution is -2.22. The number of aromatic hydroxyl groups is 1. The van der Waals surface area contributed by atoms with Gasteiger partial charge >= 0.3 is 0 Å². The summed E-state index contributed by atoms with van der Waals surface area (Å²) in [6, 6.07) is 16.0. The summed E-state index contributed by atoms with van der Waals surface area (Å²) in [5.74, 6) is 0.501. The maximum Gasteiger partial charge on any atom is 0.255 e. The summed E-state index contributed by atoms with van der Waals surface area (Å²) in [7, 11) is 1.84. The van der Waals surface area contributed by atoms with Gasteiger partial charge in [0.25, 0.3) is 5.91 Å². The number of benzene rings is 2. The van der Waals surface area contributed by atoms with Crippen LogP contribution in [0.4, 0.5) is 0 Å². The number of ether oxygens (including phenoxy) is 1. The topological polar surface area (TPSA) is 89.3 Å². The molecule has 1 amide bonds. The quantitative estimate of drug-likeness (QED) is 0.493. The first-order chi connectivity index (χ1) is 15.0. The Kier molecular flexibility index (Phi) is 5.66. The lowest BCUT2D eigenvalue weighted by molar-refractivity contribution is 0.0948. The van der Waals surface area contributed by atoms with E-state index >= 15 is 0 Å². The van der Waals surface area contributed by atoms with Crippen LogP contribution in [0.1, 0.15) is 21.5 Å². The highest BCUT2D eigenvalue weighted by Gasteiger charge is 2.13. The molecule has 0 fully saturated rings. The number of phenols is 1. The van der Waals surface area contributed by atoms with E-state index in [1.807, 2.05) is 44.4 Å². The number of carbonyl (C=O) groups is 1. The van der Waals surface area contributed by atoms with Gasteiger partial charge < -0.3 is 15.2 Å². The SMILES string of the molecule is Cc1ccc(CNC(=O)c2cc(Oc3ccnc(-c4cnn(C)c4)c3)ccc2O)cc1. The summed E-state index contributed by atoms with van der Waals surface area (Å²) in [6.07, 6.45) is 5.24. The number of rotatable bonds is 6. The summed E-state index contributed by atoms with van der Waals surface area (Å²) in [6.45, 7) is 2.37. The van der Waals surface area contributed by atoms with Crippen LogP contribution < -0.4 is 10.1 Å². The standard InChI is InChI=1S/C24H22N4O3/c1-16-3-5-17(6-4-16)13-26-24(30)21-11-19(7-8-23(21)29)31-20-9-10-25-22(12-20)18-14-27-28(2)15-18/h3-12,14-15,29H,13H2,1-2H3,(H,26,30). The van der Waals surface area contributed by atoms with Crippen molar-refractivity contribution in [3.05, 3.63) is 89.9 Å². The molecule has 0 bridgehead atoms. The van der Waals surface area contributed by atoms with Crippen molar-refractivity contribution in [2.45, 2.75) is 13.5 Å². The normalized spacial score (nSPS) is 10.6. The molecule has 0 radical (unpaired) electrons. The van der Waals surface area contributed by atoms with Crippen LogP contribution in [-0.4, -0.2) is 25.8 Å². The minimum Gasteiger partial charge on any atom is -0.507 e. The van der Waals surface area contributed by atoms with Gasteiger partial charge in [-0.1, -0.05) is 29.8 Å². The molecule has 0 aliphatic heterocycles. The van der Waals surface area contributed by atoms with Crippen molar-refractivity contribution in [2.24, 2.45) is 7.05 Å². The maximum absolute atomic E-state index is 12.6. The highest BCUT2D eigenvalue weighted by Crippen LogP contribution is 2.29. The monoisotopic (exact) mass is 414 g/mol. The molecule has 7 nitrogen and oxygen atoms in total. The number of hydrogen-bond acceptors (Lipinski definition) is 5. The molecule has 2 aromatic heterocycles. The summed E-state index contributed by atoms with van der Waals surface area (Å²) in [4.78, 5) is 17.0. The van der Waals surface area contributed by atoms with Crippen LogP contribution in [0.25, 0.3) is 11.3 Å². The highest BCUT2D eigenvalue weighted by atomic mass is 16.5. The summed E-state index contributed by atoms with van der Waals surface area (Å²) in [5, 5.41) is 17.1. The smallest absolute Gasteiger partial charge is 0.255 e. The van der Waals surface area contributed by atoms with Crippen LogP contribution in [-0.2, 0) is 13.6 Å². The fourth-order valence-corrected chi connectivity index (χ4v) is 3.07. The molecule has 0 spiro atoms. The van der Waals surface area contributed by atoms with Gasteiger partial charge in [-0.25, -0.2) is 0 Å². The van der Waals surface area contributed by atoms with Crippen molar-refractivity contribution in [3.63, 3.8) is 0 Å². The fourth-order valence-electron chi connectivity index (χ4n) is 3.07. The third kappa shape index (κ3) is 4.90. The van der Waals surface area contributed by atoms with Crippen molar-refractivity contribution in [1.29, 1.82) is 0 Å². The molecule has 0 saturated carbocycles. The number of aryl methyl sites for hydroxylation is 2. The van der Waals surface area contributed by atoms with E-state index in [4.69, 9.17) is 4.74 Å². The molecule has 0 aliphatic carbocycles. The second-order valence-electron chi connectivity index (χ2n) is 7.23. The van der Waals surface area contributed by atoms with Gasteiger partial charge in [0.2, 0.25) is 0 Å². The molecule has 4 rings (SSSR count). The second-order valence-corrected chi connectivity index (χ2v) is 7.23. The number of nitrogens with zero attached hydrogens (tertiary/aromatic N) is 3. The van der Waals surface area contributed by atoms with Crippen LogP contribution in [0.2, 0.25) is 0 Å². The van der Waals surface area contributed by atoms with E-state index in [1.165, 1.54) is 12.1 Å². The Balaban J connectivity index is 1.48. The number of carbonyl (C=O) groups excluding carboxylic acids is 1. The zero-order chi connectivity index (χ0) is 21.8. The van der Waals surface area contributed by atoms with Crippen LogP contribution in [0.3, 0.4) is 0 Å². The van der Waals surface area contributed by atoms with Gasteiger partial charge in [-0.15, -0.1) is 0 Å². The number of hydrogen-bond donors (Lipinski definition) is 2. The lowest BCUT2D eigenvalue weighted by atomic mass is 10.1. The average molecular weight is 414 g/mol. The molecular formula is C24H22N4O3. The Hall–Kier alpha value is -4.13.